The molecule has 4 rings (SSSR count). The van der Waals surface area contributed by atoms with Crippen LogP contribution in [0, 0.1) is 0 Å². The average Bonchev–Trinajstić information content (AvgIpc) is 2.70. The Morgan fingerprint density at radius 2 is 0.893 bits per heavy atom. The lowest BCUT2D eigenvalue weighted by atomic mass is 10.00. The van der Waals surface area contributed by atoms with Crippen LogP contribution in [0.25, 0.3) is 11.1 Å². The van der Waals surface area contributed by atoms with Gasteiger partial charge in [0.05, 0.1) is 0 Å². The zero-order chi connectivity index (χ0) is 20.0. The van der Waals surface area contributed by atoms with Gasteiger partial charge >= 0.3 is 0 Å². The van der Waals surface area contributed by atoms with Crippen LogP contribution in [-0.2, 0) is 0 Å². The summed E-state index contributed by atoms with van der Waals surface area (Å²) < 4.78 is -0.0867. The van der Waals surface area contributed by atoms with Gasteiger partial charge in [0, 0.05) is 0 Å². The predicted molar refractivity (Wildman–Crippen MR) is 138 cm³/mol. The Kier molecular flexibility index (Phi) is 7.77. The second kappa shape index (κ2) is 9.88. The summed E-state index contributed by atoms with van der Waals surface area (Å²) in [5.41, 5.74) is 5.14. The van der Waals surface area contributed by atoms with Crippen LogP contribution < -0.4 is 0 Å². The van der Waals surface area contributed by atoms with E-state index in [1.807, 2.05) is 12.1 Å². The molecule has 2 aromatic carbocycles. The fourth-order valence-electron chi connectivity index (χ4n) is 2.88. The zero-order valence-electron chi connectivity index (χ0n) is 15.2. The minimum Gasteiger partial charge on any atom is -0.0741 e. The smallest absolute Gasteiger partial charge is 0.0741 e. The van der Waals surface area contributed by atoms with E-state index in [9.17, 15) is 0 Å². The van der Waals surface area contributed by atoms with E-state index in [4.69, 9.17) is 0 Å². The Morgan fingerprint density at radius 3 is 1.18 bits per heavy atom. The van der Waals surface area contributed by atoms with Crippen LogP contribution in [0.5, 0.6) is 0 Å². The van der Waals surface area contributed by atoms with Crippen molar-refractivity contribution in [2.45, 2.75) is 19.3 Å². The minimum atomic E-state index is -0.0434. The Morgan fingerprint density at radius 1 is 0.536 bits per heavy atom. The number of allylic oxidation sites excluding steroid dienone is 8. The Balaban J connectivity index is 0.000000161. The molecule has 2 aliphatic carbocycles. The molecule has 0 aliphatic heterocycles. The quantitative estimate of drug-likeness (QED) is 0.292. The highest BCUT2D eigenvalue weighted by Crippen LogP contribution is 2.38. The van der Waals surface area contributed by atoms with E-state index in [1.54, 1.807) is 0 Å². The van der Waals surface area contributed by atoms with Gasteiger partial charge in [0.1, 0.15) is 6.47 Å². The van der Waals surface area contributed by atoms with Crippen LogP contribution >= 0.6 is 63.7 Å². The lowest BCUT2D eigenvalue weighted by Crippen LogP contribution is -2.08. The molecule has 0 aromatic heterocycles. The molecule has 0 N–H and O–H groups in total. The molecule has 2 aromatic rings. The van der Waals surface area contributed by atoms with Gasteiger partial charge in [0.2, 0.25) is 0 Å². The fraction of sp³-hybridized carbons (Fsp3) is 0.167. The lowest BCUT2D eigenvalue weighted by Gasteiger charge is -2.18. The number of halogens is 4. The van der Waals surface area contributed by atoms with Crippen molar-refractivity contribution in [1.29, 1.82) is 0 Å². The van der Waals surface area contributed by atoms with E-state index in [-0.39, 0.29) is 6.47 Å². The monoisotopic (exact) mass is 624 g/mol. The van der Waals surface area contributed by atoms with E-state index < -0.39 is 0 Å². The van der Waals surface area contributed by atoms with E-state index in [2.05, 4.69) is 149 Å². The minimum absolute atomic E-state index is 0.0434. The van der Waals surface area contributed by atoms with Gasteiger partial charge in [-0.05, 0) is 35.1 Å². The third-order valence-electron chi connectivity index (χ3n) is 4.42. The van der Waals surface area contributed by atoms with Crippen LogP contribution in [0.3, 0.4) is 0 Å². The first-order valence-electron chi connectivity index (χ1n) is 9.00. The van der Waals surface area contributed by atoms with Crippen LogP contribution in [0.2, 0.25) is 0 Å². The van der Waals surface area contributed by atoms with Gasteiger partial charge in [0.15, 0.2) is 0 Å². The van der Waals surface area contributed by atoms with Crippen LogP contribution in [0.15, 0.2) is 97.1 Å². The first-order valence-corrected chi connectivity index (χ1v) is 12.2. The molecule has 28 heavy (non-hydrogen) atoms. The van der Waals surface area contributed by atoms with Gasteiger partial charge < -0.3 is 0 Å². The summed E-state index contributed by atoms with van der Waals surface area (Å²) in [6, 6.07) is 20.9. The maximum Gasteiger partial charge on any atom is 0.102 e. The van der Waals surface area contributed by atoms with Crippen molar-refractivity contribution in [3.05, 3.63) is 108 Å². The second-order valence-corrected chi connectivity index (χ2v) is 14.4. The predicted octanol–water partition coefficient (Wildman–Crippen LogP) is 9.03. The van der Waals surface area contributed by atoms with E-state index >= 15 is 0 Å². The number of hydrogen-bond donors (Lipinski definition) is 0. The van der Waals surface area contributed by atoms with Crippen LogP contribution in [0.4, 0.5) is 0 Å². The fourth-order valence-corrected chi connectivity index (χ4v) is 4.05. The SMILES string of the molecule is BrC1(Br)C=CC(c2ccccc2)=CC1.BrC1(Br)C=CC(c2ccccc2)=CC1. The summed E-state index contributed by atoms with van der Waals surface area (Å²) in [5.74, 6) is 0. The van der Waals surface area contributed by atoms with Gasteiger partial charge in [-0.3, -0.25) is 0 Å². The molecular weight excluding hydrogens is 608 g/mol. The van der Waals surface area contributed by atoms with Gasteiger partial charge in [0.25, 0.3) is 0 Å². The van der Waals surface area contributed by atoms with Gasteiger partial charge in [-0.15, -0.1) is 0 Å². The summed E-state index contributed by atoms with van der Waals surface area (Å²) in [7, 11) is 0. The summed E-state index contributed by atoms with van der Waals surface area (Å²) >= 11 is 14.3. The molecule has 0 spiro atoms. The molecule has 0 unspecified atom stereocenters. The number of alkyl halides is 4. The highest BCUT2D eigenvalue weighted by Gasteiger charge is 2.21. The maximum absolute atomic E-state index is 3.58. The number of hydrogen-bond acceptors (Lipinski definition) is 0. The molecule has 2 aliphatic rings. The Bertz CT molecular complexity index is 827. The first-order chi connectivity index (χ1) is 13.3. The molecule has 0 amide bonds. The van der Waals surface area contributed by atoms with Crippen molar-refractivity contribution in [3.63, 3.8) is 0 Å². The zero-order valence-corrected chi connectivity index (χ0v) is 21.5. The molecule has 0 saturated heterocycles. The van der Waals surface area contributed by atoms with Crippen molar-refractivity contribution >= 4 is 74.9 Å². The number of benzene rings is 2. The molecule has 4 heteroatoms. The molecule has 0 atom stereocenters. The molecule has 0 fully saturated rings. The van der Waals surface area contributed by atoms with Crippen molar-refractivity contribution in [2.24, 2.45) is 0 Å². The second-order valence-electron chi connectivity index (χ2n) is 6.65. The third kappa shape index (κ3) is 6.69. The Hall–Kier alpha value is -0.680. The van der Waals surface area contributed by atoms with E-state index in [1.165, 1.54) is 22.3 Å². The van der Waals surface area contributed by atoms with E-state index in [0.717, 1.165) is 12.8 Å². The summed E-state index contributed by atoms with van der Waals surface area (Å²) in [5, 5.41) is 0. The average molecular weight is 628 g/mol. The van der Waals surface area contributed by atoms with Crippen molar-refractivity contribution in [3.8, 4) is 0 Å². The van der Waals surface area contributed by atoms with Crippen molar-refractivity contribution in [1.82, 2.24) is 0 Å². The summed E-state index contributed by atoms with van der Waals surface area (Å²) in [6.45, 7) is 0. The normalized spacial score (nSPS) is 19.1. The highest BCUT2D eigenvalue weighted by atomic mass is 79.9. The van der Waals surface area contributed by atoms with Crippen molar-refractivity contribution < 1.29 is 0 Å². The Labute approximate surface area is 201 Å². The largest absolute Gasteiger partial charge is 0.102 e. The van der Waals surface area contributed by atoms with E-state index in [0.29, 0.717) is 0 Å². The van der Waals surface area contributed by atoms with Crippen molar-refractivity contribution in [2.75, 3.05) is 0 Å². The molecule has 0 bridgehead atoms. The molecule has 0 saturated carbocycles. The van der Waals surface area contributed by atoms with Gasteiger partial charge in [-0.2, -0.15) is 0 Å². The molecule has 144 valence electrons. The highest BCUT2D eigenvalue weighted by molar-refractivity contribution is 9.25. The van der Waals surface area contributed by atoms with Gasteiger partial charge in [-0.25, -0.2) is 0 Å². The van der Waals surface area contributed by atoms with Crippen LogP contribution in [0.1, 0.15) is 24.0 Å². The molecule has 0 radical (unpaired) electrons. The van der Waals surface area contributed by atoms with Crippen LogP contribution in [-0.4, -0.2) is 6.47 Å². The standard InChI is InChI=1S/2C12H10Br2/c2*13-12(14)8-6-11(7-9-12)10-4-2-1-3-5-10/h2*1-8H,9H2. The maximum atomic E-state index is 3.58. The summed E-state index contributed by atoms with van der Waals surface area (Å²) in [4.78, 5) is 0. The molecule has 0 heterocycles. The molecular formula is C24H20Br4. The summed E-state index contributed by atoms with van der Waals surface area (Å²) in [6.07, 6.45) is 15.0. The number of rotatable bonds is 2. The lowest BCUT2D eigenvalue weighted by molar-refractivity contribution is 1.03. The molecule has 0 nitrogen and oxygen atoms in total. The topological polar surface area (TPSA) is 0 Å². The first kappa shape index (κ1) is 22.0. The third-order valence-corrected chi connectivity index (χ3v) is 6.77. The van der Waals surface area contributed by atoms with Gasteiger partial charge in [-0.1, -0.05) is 161 Å².